The number of ether oxygens (including phenoxy) is 1. The highest BCUT2D eigenvalue weighted by molar-refractivity contribution is 4.87. The Bertz CT molecular complexity index is 131. The Morgan fingerprint density at radius 3 is 2.18 bits per heavy atom. The van der Waals surface area contributed by atoms with Crippen molar-refractivity contribution < 1.29 is 9.84 Å². The summed E-state index contributed by atoms with van der Waals surface area (Å²) >= 11 is 0. The topological polar surface area (TPSA) is 29.5 Å². The fourth-order valence-corrected chi connectivity index (χ4v) is 1.08. The van der Waals surface area contributed by atoms with E-state index >= 15 is 0 Å². The first-order valence-corrected chi connectivity index (χ1v) is 4.28. The van der Waals surface area contributed by atoms with Crippen LogP contribution in [0.1, 0.15) is 40.0 Å². The van der Waals surface area contributed by atoms with Gasteiger partial charge in [-0.1, -0.05) is 0 Å². The third-order valence-electron chi connectivity index (χ3n) is 2.06. The van der Waals surface area contributed by atoms with Gasteiger partial charge in [-0.2, -0.15) is 0 Å². The molecule has 0 bridgehead atoms. The molecule has 0 amide bonds. The first kappa shape index (κ1) is 9.01. The van der Waals surface area contributed by atoms with Crippen molar-refractivity contribution in [2.24, 2.45) is 0 Å². The van der Waals surface area contributed by atoms with Gasteiger partial charge in [-0.3, -0.25) is 0 Å². The highest BCUT2D eigenvalue weighted by Gasteiger charge is 2.35. The fourth-order valence-electron chi connectivity index (χ4n) is 1.08. The lowest BCUT2D eigenvalue weighted by Gasteiger charge is -2.38. The second-order valence-corrected chi connectivity index (χ2v) is 4.48. The summed E-state index contributed by atoms with van der Waals surface area (Å²) in [5.41, 5.74) is -0.612. The molecule has 0 saturated heterocycles. The molecule has 66 valence electrons. The number of hydrogen-bond donors (Lipinski definition) is 1. The minimum atomic E-state index is -0.493. The van der Waals surface area contributed by atoms with E-state index in [2.05, 4.69) is 0 Å². The summed E-state index contributed by atoms with van der Waals surface area (Å²) in [5.74, 6) is 0. The van der Waals surface area contributed by atoms with Gasteiger partial charge in [0.2, 0.25) is 0 Å². The maximum Gasteiger partial charge on any atom is 0.0880 e. The van der Waals surface area contributed by atoms with Gasteiger partial charge in [0.1, 0.15) is 0 Å². The van der Waals surface area contributed by atoms with Crippen LogP contribution in [-0.2, 0) is 4.74 Å². The van der Waals surface area contributed by atoms with E-state index in [9.17, 15) is 5.11 Å². The Morgan fingerprint density at radius 1 is 1.36 bits per heavy atom. The van der Waals surface area contributed by atoms with Crippen LogP contribution in [0.3, 0.4) is 0 Å². The summed E-state index contributed by atoms with van der Waals surface area (Å²) in [6.07, 6.45) is 2.95. The van der Waals surface area contributed by atoms with Crippen molar-refractivity contribution in [3.8, 4) is 0 Å². The zero-order chi connectivity index (χ0) is 8.54. The Kier molecular flexibility index (Phi) is 2.26. The molecular formula is C9H18O2. The maximum absolute atomic E-state index is 9.65. The molecule has 0 heterocycles. The molecule has 0 radical (unpaired) electrons. The standard InChI is InChI=1S/C9H18O2/c1-8(2,3)11-7-9(10)5-4-6-9/h10H,4-7H2,1-3H3. The van der Waals surface area contributed by atoms with Gasteiger partial charge >= 0.3 is 0 Å². The predicted molar refractivity (Wildman–Crippen MR) is 44.5 cm³/mol. The molecular weight excluding hydrogens is 140 g/mol. The van der Waals surface area contributed by atoms with E-state index < -0.39 is 5.60 Å². The van der Waals surface area contributed by atoms with Gasteiger partial charge in [0.25, 0.3) is 0 Å². The van der Waals surface area contributed by atoms with Crippen LogP contribution >= 0.6 is 0 Å². The van der Waals surface area contributed by atoms with Crippen LogP contribution in [-0.4, -0.2) is 22.9 Å². The summed E-state index contributed by atoms with van der Waals surface area (Å²) in [6, 6.07) is 0. The molecule has 1 saturated carbocycles. The van der Waals surface area contributed by atoms with Gasteiger partial charge in [0, 0.05) is 0 Å². The van der Waals surface area contributed by atoms with Gasteiger partial charge in [0.15, 0.2) is 0 Å². The lowest BCUT2D eigenvalue weighted by atomic mass is 9.81. The van der Waals surface area contributed by atoms with Crippen LogP contribution in [0, 0.1) is 0 Å². The highest BCUT2D eigenvalue weighted by Crippen LogP contribution is 2.32. The first-order chi connectivity index (χ1) is 4.91. The van der Waals surface area contributed by atoms with Gasteiger partial charge < -0.3 is 9.84 Å². The van der Waals surface area contributed by atoms with Crippen molar-refractivity contribution >= 4 is 0 Å². The van der Waals surface area contributed by atoms with Crippen LogP contribution in [0.15, 0.2) is 0 Å². The number of rotatable bonds is 2. The Labute approximate surface area is 68.6 Å². The largest absolute Gasteiger partial charge is 0.387 e. The molecule has 1 fully saturated rings. The zero-order valence-electron chi connectivity index (χ0n) is 7.68. The van der Waals surface area contributed by atoms with E-state index in [1.54, 1.807) is 0 Å². The van der Waals surface area contributed by atoms with Crippen LogP contribution < -0.4 is 0 Å². The fraction of sp³-hybridized carbons (Fsp3) is 1.00. The molecule has 0 spiro atoms. The van der Waals surface area contributed by atoms with E-state index in [1.165, 1.54) is 0 Å². The number of aliphatic hydroxyl groups is 1. The number of hydrogen-bond acceptors (Lipinski definition) is 2. The van der Waals surface area contributed by atoms with Crippen LogP contribution in [0.25, 0.3) is 0 Å². The summed E-state index contributed by atoms with van der Waals surface area (Å²) in [7, 11) is 0. The van der Waals surface area contributed by atoms with Gasteiger partial charge in [-0.15, -0.1) is 0 Å². The van der Waals surface area contributed by atoms with Crippen molar-refractivity contribution in [3.05, 3.63) is 0 Å². The van der Waals surface area contributed by atoms with Crippen molar-refractivity contribution in [2.45, 2.75) is 51.2 Å². The molecule has 1 N–H and O–H groups in total. The summed E-state index contributed by atoms with van der Waals surface area (Å²) in [6.45, 7) is 6.52. The smallest absolute Gasteiger partial charge is 0.0880 e. The van der Waals surface area contributed by atoms with Crippen LogP contribution in [0.4, 0.5) is 0 Å². The summed E-state index contributed by atoms with van der Waals surface area (Å²) < 4.78 is 5.49. The zero-order valence-corrected chi connectivity index (χ0v) is 7.68. The monoisotopic (exact) mass is 158 g/mol. The van der Waals surface area contributed by atoms with E-state index in [4.69, 9.17) is 4.74 Å². The van der Waals surface area contributed by atoms with Gasteiger partial charge in [-0.05, 0) is 40.0 Å². The summed E-state index contributed by atoms with van der Waals surface area (Å²) in [5, 5.41) is 9.65. The molecule has 0 unspecified atom stereocenters. The van der Waals surface area contributed by atoms with Crippen LogP contribution in [0.2, 0.25) is 0 Å². The predicted octanol–water partition coefficient (Wildman–Crippen LogP) is 1.72. The SMILES string of the molecule is CC(C)(C)OCC1(O)CCC1. The molecule has 0 atom stereocenters. The molecule has 0 aromatic rings. The third-order valence-corrected chi connectivity index (χ3v) is 2.06. The van der Waals surface area contributed by atoms with E-state index in [1.807, 2.05) is 20.8 Å². The van der Waals surface area contributed by atoms with Crippen molar-refractivity contribution in [1.29, 1.82) is 0 Å². The second kappa shape index (κ2) is 2.76. The Balaban J connectivity index is 2.21. The molecule has 11 heavy (non-hydrogen) atoms. The normalized spacial score (nSPS) is 22.9. The Morgan fingerprint density at radius 2 is 1.91 bits per heavy atom. The molecule has 1 aliphatic rings. The Hall–Kier alpha value is -0.0800. The second-order valence-electron chi connectivity index (χ2n) is 4.48. The minimum Gasteiger partial charge on any atom is -0.387 e. The van der Waals surface area contributed by atoms with Crippen molar-refractivity contribution in [3.63, 3.8) is 0 Å². The van der Waals surface area contributed by atoms with Gasteiger partial charge in [-0.25, -0.2) is 0 Å². The minimum absolute atomic E-state index is 0.120. The van der Waals surface area contributed by atoms with E-state index in [0.717, 1.165) is 19.3 Å². The van der Waals surface area contributed by atoms with E-state index in [-0.39, 0.29) is 5.60 Å². The average Bonchev–Trinajstić information content (AvgIpc) is 1.77. The van der Waals surface area contributed by atoms with Crippen molar-refractivity contribution in [2.75, 3.05) is 6.61 Å². The molecule has 1 rings (SSSR count). The third kappa shape index (κ3) is 2.80. The average molecular weight is 158 g/mol. The molecule has 2 heteroatoms. The van der Waals surface area contributed by atoms with Crippen molar-refractivity contribution in [1.82, 2.24) is 0 Å². The molecule has 2 nitrogen and oxygen atoms in total. The lowest BCUT2D eigenvalue weighted by Crippen LogP contribution is -2.43. The molecule has 0 aromatic carbocycles. The van der Waals surface area contributed by atoms with Crippen LogP contribution in [0.5, 0.6) is 0 Å². The lowest BCUT2D eigenvalue weighted by molar-refractivity contribution is -0.133. The first-order valence-electron chi connectivity index (χ1n) is 4.28. The summed E-state index contributed by atoms with van der Waals surface area (Å²) in [4.78, 5) is 0. The molecule has 0 aliphatic heterocycles. The maximum atomic E-state index is 9.65. The highest BCUT2D eigenvalue weighted by atomic mass is 16.5. The van der Waals surface area contributed by atoms with E-state index in [0.29, 0.717) is 6.61 Å². The van der Waals surface area contributed by atoms with Gasteiger partial charge in [0.05, 0.1) is 17.8 Å². The molecule has 1 aliphatic carbocycles. The molecule has 0 aromatic heterocycles. The quantitative estimate of drug-likeness (QED) is 0.663.